The number of benzene rings is 4. The Labute approximate surface area is 270 Å². The van der Waals surface area contributed by atoms with Crippen molar-refractivity contribution in [1.29, 1.82) is 0 Å². The van der Waals surface area contributed by atoms with E-state index in [1.165, 1.54) is 61.0 Å². The topological polar surface area (TPSA) is 69.0 Å². The third-order valence-corrected chi connectivity index (χ3v) is 11.2. The Morgan fingerprint density at radius 2 is 1.58 bits per heavy atom. The molecule has 2 aromatic heterocycles. The number of ether oxygens (including phenoxy) is 1. The third kappa shape index (κ3) is 6.33. The van der Waals surface area contributed by atoms with Crippen LogP contribution >= 0.6 is 0 Å². The first-order valence-corrected chi connectivity index (χ1v) is 17.7. The van der Waals surface area contributed by atoms with Crippen molar-refractivity contribution in [2.75, 3.05) is 12.4 Å². The molecule has 4 aromatic carbocycles. The SMILES string of the molecule is COC(=O)c1ccc2c(c1)nc(-c1cccc3nc(NC4CCCCCC4)[se]c13)n2CCC(c1ccccc1)c1ccccc1. The summed E-state index contributed by atoms with van der Waals surface area (Å²) in [7, 11) is 1.42. The summed E-state index contributed by atoms with van der Waals surface area (Å²) in [6, 6.07) is 34.2. The number of nitrogens with zero attached hydrogens (tertiary/aromatic N) is 3. The van der Waals surface area contributed by atoms with Gasteiger partial charge in [-0.1, -0.05) is 0 Å². The Hall–Kier alpha value is -4.19. The predicted molar refractivity (Wildman–Crippen MR) is 183 cm³/mol. The standard InChI is InChI=1S/C38H38N4O2Se/c1-44-37(43)28-21-22-34-33(25-28)40-36(42(34)24-23-30(26-13-6-4-7-14-26)27-15-8-5-9-16-27)31-19-12-20-32-35(31)45-38(41-32)39-29-17-10-2-3-11-18-29/h4-9,12-16,19-22,25,29-30H,2-3,10-11,17-18,23-24H2,1H3,(H,39,41). The summed E-state index contributed by atoms with van der Waals surface area (Å²) in [5.41, 5.74) is 7.09. The Balaban J connectivity index is 1.30. The molecule has 1 saturated carbocycles. The third-order valence-electron chi connectivity index (χ3n) is 9.05. The second-order valence-electron chi connectivity index (χ2n) is 12.0. The fraction of sp³-hybridized carbons (Fsp3) is 0.289. The molecule has 45 heavy (non-hydrogen) atoms. The number of carbonyl (C=O) groups excluding carboxylic acids is 1. The van der Waals surface area contributed by atoms with Crippen LogP contribution in [0.2, 0.25) is 0 Å². The molecular weight excluding hydrogens is 623 g/mol. The first-order chi connectivity index (χ1) is 22.2. The summed E-state index contributed by atoms with van der Waals surface area (Å²) in [6.07, 6.45) is 8.60. The van der Waals surface area contributed by atoms with Crippen molar-refractivity contribution in [2.24, 2.45) is 0 Å². The van der Waals surface area contributed by atoms with Crippen LogP contribution in [-0.2, 0) is 11.3 Å². The molecule has 7 heteroatoms. The number of hydrogen-bond donors (Lipinski definition) is 1. The summed E-state index contributed by atoms with van der Waals surface area (Å²) < 4.78 is 9.78. The average molecular weight is 662 g/mol. The second kappa shape index (κ2) is 13.4. The van der Waals surface area contributed by atoms with Crippen LogP contribution in [0.5, 0.6) is 0 Å². The van der Waals surface area contributed by atoms with Gasteiger partial charge < -0.3 is 0 Å². The Bertz CT molecular complexity index is 1870. The predicted octanol–water partition coefficient (Wildman–Crippen LogP) is 8.45. The van der Waals surface area contributed by atoms with E-state index >= 15 is 0 Å². The van der Waals surface area contributed by atoms with E-state index in [0.29, 0.717) is 11.6 Å². The van der Waals surface area contributed by atoms with Crippen LogP contribution in [0.4, 0.5) is 4.69 Å². The van der Waals surface area contributed by atoms with Gasteiger partial charge in [0.15, 0.2) is 0 Å². The molecule has 0 unspecified atom stereocenters. The Morgan fingerprint density at radius 1 is 0.867 bits per heavy atom. The normalized spacial score (nSPS) is 14.2. The number of carbonyl (C=O) groups is 1. The average Bonchev–Trinajstić information content (AvgIpc) is 3.56. The van der Waals surface area contributed by atoms with E-state index in [2.05, 4.69) is 88.7 Å². The maximum atomic E-state index is 12.4. The van der Waals surface area contributed by atoms with Crippen molar-refractivity contribution in [3.63, 3.8) is 0 Å². The molecule has 7 rings (SSSR count). The van der Waals surface area contributed by atoms with Gasteiger partial charge in [0, 0.05) is 0 Å². The van der Waals surface area contributed by atoms with E-state index in [-0.39, 0.29) is 26.4 Å². The van der Waals surface area contributed by atoms with Crippen molar-refractivity contribution in [2.45, 2.75) is 63.5 Å². The molecule has 1 N–H and O–H groups in total. The van der Waals surface area contributed by atoms with E-state index in [9.17, 15) is 4.79 Å². The molecule has 0 bridgehead atoms. The number of esters is 1. The molecule has 2 heterocycles. The molecule has 1 fully saturated rings. The van der Waals surface area contributed by atoms with Crippen LogP contribution in [0.3, 0.4) is 0 Å². The molecule has 0 atom stereocenters. The molecule has 6 nitrogen and oxygen atoms in total. The number of aromatic nitrogens is 3. The van der Waals surface area contributed by atoms with E-state index in [4.69, 9.17) is 14.7 Å². The first kappa shape index (κ1) is 29.5. The van der Waals surface area contributed by atoms with Crippen molar-refractivity contribution < 1.29 is 9.53 Å². The zero-order chi connectivity index (χ0) is 30.6. The zero-order valence-corrected chi connectivity index (χ0v) is 27.3. The molecule has 6 aromatic rings. The summed E-state index contributed by atoms with van der Waals surface area (Å²) >= 11 is 0.0645. The second-order valence-corrected chi connectivity index (χ2v) is 14.0. The summed E-state index contributed by atoms with van der Waals surface area (Å²) in [4.78, 5) is 22.7. The van der Waals surface area contributed by atoms with Gasteiger partial charge >= 0.3 is 271 Å². The molecule has 0 aliphatic heterocycles. The van der Waals surface area contributed by atoms with Gasteiger partial charge in [0.2, 0.25) is 0 Å². The van der Waals surface area contributed by atoms with Gasteiger partial charge in [-0.25, -0.2) is 0 Å². The van der Waals surface area contributed by atoms with Gasteiger partial charge in [-0.2, -0.15) is 0 Å². The van der Waals surface area contributed by atoms with Crippen LogP contribution in [0.15, 0.2) is 97.1 Å². The minimum absolute atomic E-state index is 0.0645. The van der Waals surface area contributed by atoms with Crippen LogP contribution in [-0.4, -0.2) is 48.2 Å². The molecule has 228 valence electrons. The molecule has 0 spiro atoms. The number of anilines is 1. The first-order valence-electron chi connectivity index (χ1n) is 16.0. The van der Waals surface area contributed by atoms with Gasteiger partial charge in [0.1, 0.15) is 0 Å². The Morgan fingerprint density at radius 3 is 2.27 bits per heavy atom. The zero-order valence-electron chi connectivity index (χ0n) is 25.6. The van der Waals surface area contributed by atoms with Crippen molar-refractivity contribution in [3.05, 3.63) is 114 Å². The fourth-order valence-corrected chi connectivity index (χ4v) is 8.95. The number of methoxy groups -OCH3 is 1. The minimum atomic E-state index is -0.354. The molecular formula is C38H38N4O2Se. The van der Waals surface area contributed by atoms with Crippen LogP contribution in [0.1, 0.15) is 72.3 Å². The van der Waals surface area contributed by atoms with E-state index in [0.717, 1.165) is 45.6 Å². The molecule has 1 aliphatic rings. The monoisotopic (exact) mass is 662 g/mol. The van der Waals surface area contributed by atoms with Gasteiger partial charge in [0.05, 0.1) is 0 Å². The maximum absolute atomic E-state index is 12.4. The summed E-state index contributed by atoms with van der Waals surface area (Å²) in [6.45, 7) is 0.766. The van der Waals surface area contributed by atoms with E-state index < -0.39 is 0 Å². The van der Waals surface area contributed by atoms with Crippen LogP contribution < -0.4 is 5.32 Å². The number of nitrogens with one attached hydrogen (secondary N) is 1. The fourth-order valence-electron chi connectivity index (χ4n) is 6.75. The molecule has 0 radical (unpaired) electrons. The number of aryl methyl sites for hydroxylation is 1. The molecule has 1 aliphatic carbocycles. The van der Waals surface area contributed by atoms with Gasteiger partial charge in [-0.15, -0.1) is 0 Å². The summed E-state index contributed by atoms with van der Waals surface area (Å²) in [5, 5.41) is 3.83. The van der Waals surface area contributed by atoms with Crippen LogP contribution in [0.25, 0.3) is 32.2 Å². The summed E-state index contributed by atoms with van der Waals surface area (Å²) in [5.74, 6) is 0.806. The number of hydrogen-bond acceptors (Lipinski definition) is 5. The van der Waals surface area contributed by atoms with E-state index in [1.807, 2.05) is 18.2 Å². The molecule has 0 saturated heterocycles. The number of rotatable bonds is 9. The van der Waals surface area contributed by atoms with Crippen molar-refractivity contribution in [1.82, 2.24) is 14.5 Å². The quantitative estimate of drug-likeness (QED) is 0.0957. The van der Waals surface area contributed by atoms with Crippen molar-refractivity contribution >= 4 is 46.0 Å². The van der Waals surface area contributed by atoms with Gasteiger partial charge in [-0.05, 0) is 0 Å². The van der Waals surface area contributed by atoms with Crippen LogP contribution in [0, 0.1) is 0 Å². The van der Waals surface area contributed by atoms with E-state index in [1.54, 1.807) is 0 Å². The number of imidazole rings is 1. The van der Waals surface area contributed by atoms with Gasteiger partial charge in [0.25, 0.3) is 0 Å². The van der Waals surface area contributed by atoms with Crippen molar-refractivity contribution in [3.8, 4) is 11.4 Å². The van der Waals surface area contributed by atoms with Gasteiger partial charge in [-0.3, -0.25) is 0 Å². The number of fused-ring (bicyclic) bond motifs is 2. The Kier molecular flexibility index (Phi) is 8.81. The molecule has 0 amide bonds.